The van der Waals surface area contributed by atoms with Gasteiger partial charge in [-0.3, -0.25) is 0 Å². The lowest BCUT2D eigenvalue weighted by molar-refractivity contribution is 0.252. The van der Waals surface area contributed by atoms with Crippen molar-refractivity contribution < 1.29 is 14.2 Å². The summed E-state index contributed by atoms with van der Waals surface area (Å²) in [5, 5.41) is 18.6. The highest BCUT2D eigenvalue weighted by molar-refractivity contribution is 5.45. The predicted octanol–water partition coefficient (Wildman–Crippen LogP) is 4.53. The van der Waals surface area contributed by atoms with Crippen LogP contribution in [0.3, 0.4) is 0 Å². The van der Waals surface area contributed by atoms with Crippen molar-refractivity contribution in [1.29, 1.82) is 0 Å². The molecule has 0 saturated heterocycles. The minimum absolute atomic E-state index is 0.0822. The average molecular weight is 395 g/mol. The molecule has 0 spiro atoms. The van der Waals surface area contributed by atoms with Gasteiger partial charge in [0.25, 0.3) is 0 Å². The molecule has 0 amide bonds. The SMILES string of the molecule is COc1cccc(CN[C@@H]2CC(C)(C)Cc3c2cnn3-c2ccc(F)cc2)c1O. The predicted molar refractivity (Wildman–Crippen MR) is 110 cm³/mol. The van der Waals surface area contributed by atoms with E-state index in [4.69, 9.17) is 4.74 Å². The first-order chi connectivity index (χ1) is 13.9. The number of hydrogen-bond donors (Lipinski definition) is 2. The van der Waals surface area contributed by atoms with Crippen LogP contribution in [0, 0.1) is 11.2 Å². The molecule has 1 aliphatic carbocycles. The van der Waals surface area contributed by atoms with Crippen molar-refractivity contribution in [2.45, 2.75) is 39.3 Å². The first-order valence-corrected chi connectivity index (χ1v) is 9.79. The van der Waals surface area contributed by atoms with E-state index < -0.39 is 0 Å². The van der Waals surface area contributed by atoms with Gasteiger partial charge in [0.2, 0.25) is 0 Å². The Morgan fingerprint density at radius 2 is 2.00 bits per heavy atom. The highest BCUT2D eigenvalue weighted by atomic mass is 19.1. The lowest BCUT2D eigenvalue weighted by atomic mass is 9.74. The molecule has 2 aromatic carbocycles. The van der Waals surface area contributed by atoms with Crippen LogP contribution in [0.4, 0.5) is 4.39 Å². The average Bonchev–Trinajstić information content (AvgIpc) is 3.10. The van der Waals surface area contributed by atoms with Crippen LogP contribution < -0.4 is 10.1 Å². The van der Waals surface area contributed by atoms with Gasteiger partial charge in [-0.05, 0) is 48.6 Å². The smallest absolute Gasteiger partial charge is 0.162 e. The van der Waals surface area contributed by atoms with Gasteiger partial charge >= 0.3 is 0 Å². The summed E-state index contributed by atoms with van der Waals surface area (Å²) < 4.78 is 20.5. The molecular weight excluding hydrogens is 369 g/mol. The van der Waals surface area contributed by atoms with Crippen molar-refractivity contribution in [2.75, 3.05) is 7.11 Å². The number of methoxy groups -OCH3 is 1. The minimum Gasteiger partial charge on any atom is -0.504 e. The van der Waals surface area contributed by atoms with Crippen LogP contribution in [0.25, 0.3) is 5.69 Å². The number of para-hydroxylation sites is 1. The number of halogens is 1. The van der Waals surface area contributed by atoms with Crippen LogP contribution in [0.5, 0.6) is 11.5 Å². The van der Waals surface area contributed by atoms with Crippen molar-refractivity contribution in [2.24, 2.45) is 5.41 Å². The summed E-state index contributed by atoms with van der Waals surface area (Å²) in [6.07, 6.45) is 3.75. The maximum absolute atomic E-state index is 13.3. The Hall–Kier alpha value is -2.86. The maximum Gasteiger partial charge on any atom is 0.162 e. The van der Waals surface area contributed by atoms with Gasteiger partial charge in [-0.25, -0.2) is 9.07 Å². The van der Waals surface area contributed by atoms with E-state index >= 15 is 0 Å². The maximum atomic E-state index is 13.3. The summed E-state index contributed by atoms with van der Waals surface area (Å²) in [4.78, 5) is 0. The molecule has 1 heterocycles. The van der Waals surface area contributed by atoms with Gasteiger partial charge in [-0.1, -0.05) is 26.0 Å². The van der Waals surface area contributed by atoms with Gasteiger partial charge in [0.05, 0.1) is 19.0 Å². The molecule has 0 fully saturated rings. The lowest BCUT2D eigenvalue weighted by Crippen LogP contribution is -2.33. The molecule has 0 bridgehead atoms. The Balaban J connectivity index is 1.62. The molecule has 0 aliphatic heterocycles. The van der Waals surface area contributed by atoms with E-state index in [0.717, 1.165) is 35.3 Å². The second-order valence-corrected chi connectivity index (χ2v) is 8.38. The first kappa shape index (κ1) is 19.5. The van der Waals surface area contributed by atoms with E-state index in [1.165, 1.54) is 12.1 Å². The largest absolute Gasteiger partial charge is 0.504 e. The van der Waals surface area contributed by atoms with E-state index in [-0.39, 0.29) is 23.0 Å². The highest BCUT2D eigenvalue weighted by Gasteiger charge is 2.35. The van der Waals surface area contributed by atoms with E-state index in [2.05, 4.69) is 24.3 Å². The van der Waals surface area contributed by atoms with Crippen molar-refractivity contribution >= 4 is 0 Å². The number of aromatic hydroxyl groups is 1. The number of phenols is 1. The van der Waals surface area contributed by atoms with E-state index in [1.54, 1.807) is 25.3 Å². The Bertz CT molecular complexity index is 1010. The summed E-state index contributed by atoms with van der Waals surface area (Å²) in [7, 11) is 1.55. The fraction of sp³-hybridized carbons (Fsp3) is 0.348. The molecule has 0 radical (unpaired) electrons. The van der Waals surface area contributed by atoms with Gasteiger partial charge < -0.3 is 15.2 Å². The molecule has 1 aromatic heterocycles. The molecule has 2 N–H and O–H groups in total. The standard InChI is InChI=1S/C23H26FN3O2/c1-23(2)11-19(25-13-15-5-4-6-21(29-3)22(15)28)18-14-26-27(20(18)12-23)17-9-7-16(24)8-10-17/h4-10,14,19,25,28H,11-13H2,1-3H3/t19-/m1/s1. The molecule has 6 heteroatoms. The number of ether oxygens (including phenoxy) is 1. The quantitative estimate of drug-likeness (QED) is 0.666. The van der Waals surface area contributed by atoms with Crippen molar-refractivity contribution in [3.05, 3.63) is 71.3 Å². The molecule has 3 aromatic rings. The number of phenolic OH excluding ortho intramolecular Hbond substituents is 1. The van der Waals surface area contributed by atoms with Gasteiger partial charge in [0.1, 0.15) is 5.82 Å². The third-order valence-electron chi connectivity index (χ3n) is 5.59. The minimum atomic E-state index is -0.257. The van der Waals surface area contributed by atoms with Gasteiger partial charge in [-0.2, -0.15) is 5.10 Å². The summed E-state index contributed by atoms with van der Waals surface area (Å²) in [5.41, 5.74) is 4.02. The number of hydrogen-bond acceptors (Lipinski definition) is 4. The molecule has 29 heavy (non-hydrogen) atoms. The Labute approximate surface area is 170 Å². The van der Waals surface area contributed by atoms with Crippen LogP contribution in [-0.2, 0) is 13.0 Å². The Morgan fingerprint density at radius 3 is 2.72 bits per heavy atom. The summed E-state index contributed by atoms with van der Waals surface area (Å²) >= 11 is 0. The van der Waals surface area contributed by atoms with Gasteiger partial charge in [0, 0.05) is 29.4 Å². The molecule has 0 saturated carbocycles. The number of aromatic nitrogens is 2. The summed E-state index contributed by atoms with van der Waals surface area (Å²) in [6, 6.07) is 12.0. The zero-order valence-corrected chi connectivity index (χ0v) is 16.9. The van der Waals surface area contributed by atoms with E-state index in [0.29, 0.717) is 12.3 Å². The van der Waals surface area contributed by atoms with Crippen molar-refractivity contribution in [3.8, 4) is 17.2 Å². The molecule has 0 unspecified atom stereocenters. The zero-order chi connectivity index (χ0) is 20.6. The van der Waals surface area contributed by atoms with Gasteiger partial charge in [0.15, 0.2) is 11.5 Å². The van der Waals surface area contributed by atoms with Crippen molar-refractivity contribution in [1.82, 2.24) is 15.1 Å². The van der Waals surface area contributed by atoms with Crippen molar-refractivity contribution in [3.63, 3.8) is 0 Å². The zero-order valence-electron chi connectivity index (χ0n) is 16.9. The molecular formula is C23H26FN3O2. The molecule has 4 rings (SSSR count). The number of rotatable bonds is 5. The fourth-order valence-corrected chi connectivity index (χ4v) is 4.14. The van der Waals surface area contributed by atoms with Crippen LogP contribution >= 0.6 is 0 Å². The van der Waals surface area contributed by atoms with Crippen LogP contribution in [0.2, 0.25) is 0 Å². The second-order valence-electron chi connectivity index (χ2n) is 8.38. The van der Waals surface area contributed by atoms with E-state index in [1.807, 2.05) is 23.0 Å². The molecule has 5 nitrogen and oxygen atoms in total. The Morgan fingerprint density at radius 1 is 1.24 bits per heavy atom. The first-order valence-electron chi connectivity index (χ1n) is 9.79. The van der Waals surface area contributed by atoms with E-state index in [9.17, 15) is 9.50 Å². The second kappa shape index (κ2) is 7.52. The normalized spacial score (nSPS) is 17.7. The fourth-order valence-electron chi connectivity index (χ4n) is 4.14. The molecule has 152 valence electrons. The number of fused-ring (bicyclic) bond motifs is 1. The topological polar surface area (TPSA) is 59.3 Å². The third kappa shape index (κ3) is 3.85. The summed E-state index contributed by atoms with van der Waals surface area (Å²) in [6.45, 7) is 5.01. The summed E-state index contributed by atoms with van der Waals surface area (Å²) in [5.74, 6) is 0.380. The number of nitrogens with one attached hydrogen (secondary N) is 1. The van der Waals surface area contributed by atoms with Crippen LogP contribution in [0.15, 0.2) is 48.7 Å². The number of nitrogens with zero attached hydrogens (tertiary/aromatic N) is 2. The molecule has 1 atom stereocenters. The molecule has 1 aliphatic rings. The van der Waals surface area contributed by atoms with Gasteiger partial charge in [-0.15, -0.1) is 0 Å². The highest BCUT2D eigenvalue weighted by Crippen LogP contribution is 2.41. The van der Waals surface area contributed by atoms with Crippen LogP contribution in [-0.4, -0.2) is 22.0 Å². The Kier molecular flexibility index (Phi) is 5.04. The third-order valence-corrected chi connectivity index (χ3v) is 5.59. The number of benzene rings is 2. The lowest BCUT2D eigenvalue weighted by Gasteiger charge is -2.36. The van der Waals surface area contributed by atoms with Crippen LogP contribution in [0.1, 0.15) is 43.1 Å². The monoisotopic (exact) mass is 395 g/mol.